The van der Waals surface area contributed by atoms with Crippen molar-refractivity contribution in [1.82, 2.24) is 10.2 Å². The molecule has 0 atom stereocenters. The first-order valence-electron chi connectivity index (χ1n) is 7.97. The topological polar surface area (TPSA) is 33.7 Å². The van der Waals surface area contributed by atoms with Crippen LogP contribution in [0.2, 0.25) is 0 Å². The Hall–Kier alpha value is -1.10. The summed E-state index contributed by atoms with van der Waals surface area (Å²) < 4.78 is 11.5. The summed E-state index contributed by atoms with van der Waals surface area (Å²) in [5, 5.41) is 3.36. The Kier molecular flexibility index (Phi) is 7.00. The second-order valence-corrected chi connectivity index (χ2v) is 5.60. The Bertz CT molecular complexity index is 417. The van der Waals surface area contributed by atoms with Crippen molar-refractivity contribution in [1.29, 1.82) is 0 Å². The summed E-state index contributed by atoms with van der Waals surface area (Å²) in [6.07, 6.45) is 0.939. The van der Waals surface area contributed by atoms with E-state index in [1.54, 1.807) is 0 Å². The highest BCUT2D eigenvalue weighted by Crippen LogP contribution is 2.20. The third kappa shape index (κ3) is 5.65. The molecule has 4 heteroatoms. The van der Waals surface area contributed by atoms with Gasteiger partial charge in [-0.2, -0.15) is 0 Å². The Morgan fingerprint density at radius 1 is 1.10 bits per heavy atom. The standard InChI is InChI=1S/C17H28N2O2/c1-15-5-3-6-17(16(15)2)21-13-4-12-20-14-11-19-9-7-18-8-10-19/h3,5-6,18H,4,7-14H2,1-2H3. The van der Waals surface area contributed by atoms with Gasteiger partial charge in [-0.1, -0.05) is 12.1 Å². The van der Waals surface area contributed by atoms with Crippen LogP contribution >= 0.6 is 0 Å². The summed E-state index contributed by atoms with van der Waals surface area (Å²) >= 11 is 0. The zero-order chi connectivity index (χ0) is 14.9. The second kappa shape index (κ2) is 9.03. The summed E-state index contributed by atoms with van der Waals surface area (Å²) in [4.78, 5) is 2.45. The molecule has 1 aliphatic heterocycles. The molecule has 0 saturated carbocycles. The van der Waals surface area contributed by atoms with E-state index in [2.05, 4.69) is 30.1 Å². The average molecular weight is 292 g/mol. The Labute approximate surface area is 128 Å². The van der Waals surface area contributed by atoms with Gasteiger partial charge in [0.05, 0.1) is 13.2 Å². The third-order valence-corrected chi connectivity index (χ3v) is 4.01. The van der Waals surface area contributed by atoms with E-state index in [-0.39, 0.29) is 0 Å². The van der Waals surface area contributed by atoms with Crippen LogP contribution in [0.15, 0.2) is 18.2 Å². The van der Waals surface area contributed by atoms with Gasteiger partial charge in [0.2, 0.25) is 0 Å². The number of aryl methyl sites for hydroxylation is 1. The smallest absolute Gasteiger partial charge is 0.122 e. The maximum Gasteiger partial charge on any atom is 0.122 e. The largest absolute Gasteiger partial charge is 0.493 e. The van der Waals surface area contributed by atoms with Crippen LogP contribution in [-0.4, -0.2) is 57.4 Å². The minimum Gasteiger partial charge on any atom is -0.493 e. The van der Waals surface area contributed by atoms with E-state index in [1.165, 1.54) is 11.1 Å². The first-order valence-corrected chi connectivity index (χ1v) is 7.97. The lowest BCUT2D eigenvalue weighted by Crippen LogP contribution is -2.44. The lowest BCUT2D eigenvalue weighted by molar-refractivity contribution is 0.0901. The molecule has 0 amide bonds. The highest BCUT2D eigenvalue weighted by molar-refractivity contribution is 5.38. The van der Waals surface area contributed by atoms with Gasteiger partial charge in [-0.3, -0.25) is 4.90 Å². The number of nitrogens with one attached hydrogen (secondary N) is 1. The molecule has 4 nitrogen and oxygen atoms in total. The molecule has 0 aliphatic carbocycles. The van der Waals surface area contributed by atoms with Gasteiger partial charge < -0.3 is 14.8 Å². The maximum atomic E-state index is 5.82. The number of rotatable bonds is 8. The van der Waals surface area contributed by atoms with Crippen molar-refractivity contribution in [2.75, 3.05) is 52.5 Å². The highest BCUT2D eigenvalue weighted by atomic mass is 16.5. The molecule has 2 rings (SSSR count). The molecule has 1 fully saturated rings. The van der Waals surface area contributed by atoms with E-state index in [0.717, 1.165) is 64.7 Å². The third-order valence-electron chi connectivity index (χ3n) is 4.01. The first kappa shape index (κ1) is 16.3. The molecule has 0 aromatic heterocycles. The van der Waals surface area contributed by atoms with Crippen LogP contribution < -0.4 is 10.1 Å². The lowest BCUT2D eigenvalue weighted by atomic mass is 10.1. The predicted octanol–water partition coefficient (Wildman–Crippen LogP) is 1.99. The number of benzene rings is 1. The summed E-state index contributed by atoms with van der Waals surface area (Å²) in [6.45, 7) is 12.1. The van der Waals surface area contributed by atoms with Crippen LogP contribution in [0.3, 0.4) is 0 Å². The zero-order valence-corrected chi connectivity index (χ0v) is 13.4. The van der Waals surface area contributed by atoms with Crippen LogP contribution in [0.4, 0.5) is 0 Å². The fraction of sp³-hybridized carbons (Fsp3) is 0.647. The van der Waals surface area contributed by atoms with Crippen molar-refractivity contribution in [3.05, 3.63) is 29.3 Å². The number of hydrogen-bond acceptors (Lipinski definition) is 4. The highest BCUT2D eigenvalue weighted by Gasteiger charge is 2.08. The predicted molar refractivity (Wildman–Crippen MR) is 86.2 cm³/mol. The van der Waals surface area contributed by atoms with Gasteiger partial charge in [-0.15, -0.1) is 0 Å². The van der Waals surface area contributed by atoms with Crippen LogP contribution in [0.5, 0.6) is 5.75 Å². The monoisotopic (exact) mass is 292 g/mol. The molecule has 1 aromatic rings. The first-order chi connectivity index (χ1) is 10.3. The molecule has 0 radical (unpaired) electrons. The molecule has 0 spiro atoms. The van der Waals surface area contributed by atoms with Crippen molar-refractivity contribution >= 4 is 0 Å². The normalized spacial score (nSPS) is 16.1. The maximum absolute atomic E-state index is 5.82. The van der Waals surface area contributed by atoms with Crippen molar-refractivity contribution in [3.63, 3.8) is 0 Å². The molecular formula is C17H28N2O2. The van der Waals surface area contributed by atoms with E-state index < -0.39 is 0 Å². The van der Waals surface area contributed by atoms with Gasteiger partial charge in [0.15, 0.2) is 0 Å². The number of piperazine rings is 1. The molecule has 0 bridgehead atoms. The molecule has 21 heavy (non-hydrogen) atoms. The van der Waals surface area contributed by atoms with Crippen LogP contribution in [0.1, 0.15) is 17.5 Å². The lowest BCUT2D eigenvalue weighted by Gasteiger charge is -2.26. The van der Waals surface area contributed by atoms with Gasteiger partial charge >= 0.3 is 0 Å². The van der Waals surface area contributed by atoms with E-state index in [4.69, 9.17) is 9.47 Å². The van der Waals surface area contributed by atoms with Gasteiger partial charge in [0.1, 0.15) is 5.75 Å². The van der Waals surface area contributed by atoms with Crippen LogP contribution in [0, 0.1) is 13.8 Å². The minimum absolute atomic E-state index is 0.720. The molecule has 1 saturated heterocycles. The van der Waals surface area contributed by atoms with Crippen LogP contribution in [0.25, 0.3) is 0 Å². The van der Waals surface area contributed by atoms with E-state index in [0.29, 0.717) is 0 Å². The van der Waals surface area contributed by atoms with Crippen molar-refractivity contribution in [2.45, 2.75) is 20.3 Å². The fourth-order valence-corrected chi connectivity index (χ4v) is 2.45. The molecule has 1 aliphatic rings. The van der Waals surface area contributed by atoms with E-state index >= 15 is 0 Å². The van der Waals surface area contributed by atoms with Gasteiger partial charge in [0.25, 0.3) is 0 Å². The zero-order valence-electron chi connectivity index (χ0n) is 13.4. The molecule has 1 aromatic carbocycles. The summed E-state index contributed by atoms with van der Waals surface area (Å²) in [6, 6.07) is 6.19. The molecule has 0 unspecified atom stereocenters. The van der Waals surface area contributed by atoms with Crippen LogP contribution in [-0.2, 0) is 4.74 Å². The number of ether oxygens (including phenoxy) is 2. The van der Waals surface area contributed by atoms with Crippen molar-refractivity contribution in [3.8, 4) is 5.75 Å². The Morgan fingerprint density at radius 2 is 1.90 bits per heavy atom. The Morgan fingerprint density at radius 3 is 2.71 bits per heavy atom. The van der Waals surface area contributed by atoms with Gasteiger partial charge in [-0.05, 0) is 31.0 Å². The molecule has 118 valence electrons. The molecule has 1 heterocycles. The molecule has 1 N–H and O–H groups in total. The fourth-order valence-electron chi connectivity index (χ4n) is 2.45. The number of hydrogen-bond donors (Lipinski definition) is 1. The quantitative estimate of drug-likeness (QED) is 0.743. The SMILES string of the molecule is Cc1cccc(OCCCOCCN2CCNCC2)c1C. The Balaban J connectivity index is 1.51. The minimum atomic E-state index is 0.720. The van der Waals surface area contributed by atoms with E-state index in [9.17, 15) is 0 Å². The average Bonchev–Trinajstić information content (AvgIpc) is 2.51. The number of nitrogens with zero attached hydrogens (tertiary/aromatic N) is 1. The molecular weight excluding hydrogens is 264 g/mol. The summed E-state index contributed by atoms with van der Waals surface area (Å²) in [5.41, 5.74) is 2.51. The van der Waals surface area contributed by atoms with Crippen molar-refractivity contribution in [2.24, 2.45) is 0 Å². The second-order valence-electron chi connectivity index (χ2n) is 5.60. The van der Waals surface area contributed by atoms with Gasteiger partial charge in [-0.25, -0.2) is 0 Å². The van der Waals surface area contributed by atoms with Gasteiger partial charge in [0, 0.05) is 45.8 Å². The van der Waals surface area contributed by atoms with E-state index in [1.807, 2.05) is 12.1 Å². The van der Waals surface area contributed by atoms with Crippen molar-refractivity contribution < 1.29 is 9.47 Å². The summed E-state index contributed by atoms with van der Waals surface area (Å²) in [7, 11) is 0. The summed E-state index contributed by atoms with van der Waals surface area (Å²) in [5.74, 6) is 0.996.